The number of non-ortho nitro benzene ring substituents is 1. The number of halogens is 1. The number of carbonyl (C=O) groups is 2. The molecule has 0 bridgehead atoms. The molecule has 9 heteroatoms. The van der Waals surface area contributed by atoms with E-state index in [2.05, 4.69) is 5.32 Å². The van der Waals surface area contributed by atoms with Crippen molar-refractivity contribution in [2.24, 2.45) is 0 Å². The molecule has 2 amide bonds. The Hall–Kier alpha value is -2.94. The highest BCUT2D eigenvalue weighted by Crippen LogP contribution is 2.33. The van der Waals surface area contributed by atoms with E-state index in [9.17, 15) is 24.1 Å². The zero-order valence-corrected chi connectivity index (χ0v) is 12.8. The molecule has 1 unspecified atom stereocenters. The first kappa shape index (κ1) is 15.9. The second-order valence-corrected chi connectivity index (χ2v) is 5.92. The topological polar surface area (TPSA) is 92.5 Å². The summed E-state index contributed by atoms with van der Waals surface area (Å²) in [6, 6.07) is 10.6. The van der Waals surface area contributed by atoms with Crippen LogP contribution < -0.4 is 10.2 Å². The summed E-state index contributed by atoms with van der Waals surface area (Å²) in [6.45, 7) is 0. The van der Waals surface area contributed by atoms with Crippen LogP contribution >= 0.6 is 11.8 Å². The second kappa shape index (κ2) is 6.28. The number of hydrogen-bond donors (Lipinski definition) is 1. The molecule has 1 aliphatic rings. The van der Waals surface area contributed by atoms with Crippen LogP contribution in [0.2, 0.25) is 0 Å². The summed E-state index contributed by atoms with van der Waals surface area (Å²) >= 11 is 0.753. The van der Waals surface area contributed by atoms with Crippen LogP contribution in [0.1, 0.15) is 0 Å². The van der Waals surface area contributed by atoms with E-state index < -0.39 is 27.3 Å². The summed E-state index contributed by atoms with van der Waals surface area (Å²) in [5, 5.41) is 12.2. The monoisotopic (exact) mass is 347 g/mol. The van der Waals surface area contributed by atoms with Crippen molar-refractivity contribution in [3.63, 3.8) is 0 Å². The lowest BCUT2D eigenvalue weighted by Gasteiger charge is -2.14. The van der Waals surface area contributed by atoms with Gasteiger partial charge >= 0.3 is 0 Å². The van der Waals surface area contributed by atoms with Gasteiger partial charge in [-0.25, -0.2) is 9.29 Å². The zero-order valence-electron chi connectivity index (χ0n) is 12.0. The number of benzene rings is 2. The van der Waals surface area contributed by atoms with E-state index in [1.165, 1.54) is 30.3 Å². The van der Waals surface area contributed by atoms with Crippen LogP contribution in [0, 0.1) is 15.9 Å². The average Bonchev–Trinajstić information content (AvgIpc) is 2.83. The van der Waals surface area contributed by atoms with Crippen LogP contribution in [0.3, 0.4) is 0 Å². The first-order valence-corrected chi connectivity index (χ1v) is 7.65. The third kappa shape index (κ3) is 3.06. The quantitative estimate of drug-likeness (QED) is 0.673. The minimum absolute atomic E-state index is 0.128. The molecule has 122 valence electrons. The molecular formula is C15H10FN3O4S. The summed E-state index contributed by atoms with van der Waals surface area (Å²) in [6.07, 6.45) is 0. The van der Waals surface area contributed by atoms with Crippen molar-refractivity contribution in [2.45, 2.75) is 5.37 Å². The zero-order chi connectivity index (χ0) is 17.3. The normalized spacial score (nSPS) is 17.2. The number of nitro groups is 1. The molecule has 7 nitrogen and oxygen atoms in total. The van der Waals surface area contributed by atoms with E-state index in [-0.39, 0.29) is 11.4 Å². The molecule has 2 aromatic carbocycles. The summed E-state index contributed by atoms with van der Waals surface area (Å²) in [5.74, 6) is -1.00. The third-order valence-electron chi connectivity index (χ3n) is 3.29. The molecule has 0 aliphatic carbocycles. The Labute approximate surface area is 139 Å². The Morgan fingerprint density at radius 3 is 2.54 bits per heavy atom. The average molecular weight is 347 g/mol. The SMILES string of the molecule is O=C1SC(Nc2cccc([N+](=O)[O-])c2)C(=O)N1c1ccc(F)cc1. The van der Waals surface area contributed by atoms with Gasteiger partial charge in [0.2, 0.25) is 0 Å². The highest BCUT2D eigenvalue weighted by atomic mass is 32.2. The molecule has 0 radical (unpaired) electrons. The van der Waals surface area contributed by atoms with E-state index in [0.717, 1.165) is 28.8 Å². The molecule has 1 fully saturated rings. The molecule has 1 atom stereocenters. The number of nitro benzene ring substituents is 1. The maximum atomic E-state index is 13.0. The lowest BCUT2D eigenvalue weighted by molar-refractivity contribution is -0.384. The predicted molar refractivity (Wildman–Crippen MR) is 87.4 cm³/mol. The van der Waals surface area contributed by atoms with E-state index in [0.29, 0.717) is 5.69 Å². The minimum Gasteiger partial charge on any atom is -0.365 e. The van der Waals surface area contributed by atoms with Crippen LogP contribution in [0.15, 0.2) is 48.5 Å². The fourth-order valence-electron chi connectivity index (χ4n) is 2.19. The molecule has 0 saturated carbocycles. The lowest BCUT2D eigenvalue weighted by atomic mass is 10.2. The Morgan fingerprint density at radius 1 is 1.17 bits per heavy atom. The van der Waals surface area contributed by atoms with Crippen LogP contribution in [-0.2, 0) is 4.79 Å². The van der Waals surface area contributed by atoms with Gasteiger partial charge in [0, 0.05) is 17.8 Å². The Bertz CT molecular complexity index is 828. The van der Waals surface area contributed by atoms with Crippen molar-refractivity contribution < 1.29 is 18.9 Å². The fraction of sp³-hybridized carbons (Fsp3) is 0.0667. The van der Waals surface area contributed by atoms with Crippen LogP contribution in [0.5, 0.6) is 0 Å². The highest BCUT2D eigenvalue weighted by molar-refractivity contribution is 8.16. The maximum Gasteiger partial charge on any atom is 0.295 e. The lowest BCUT2D eigenvalue weighted by Crippen LogP contribution is -2.34. The minimum atomic E-state index is -0.912. The molecular weight excluding hydrogens is 337 g/mol. The van der Waals surface area contributed by atoms with Crippen molar-refractivity contribution in [3.05, 3.63) is 64.5 Å². The summed E-state index contributed by atoms with van der Waals surface area (Å²) in [5.41, 5.74) is 0.489. The number of hydrogen-bond acceptors (Lipinski definition) is 6. The van der Waals surface area contributed by atoms with E-state index >= 15 is 0 Å². The third-order valence-corrected chi connectivity index (χ3v) is 4.22. The molecule has 1 heterocycles. The Morgan fingerprint density at radius 2 is 1.88 bits per heavy atom. The maximum absolute atomic E-state index is 13.0. The van der Waals surface area contributed by atoms with Gasteiger partial charge in [0.15, 0.2) is 5.37 Å². The highest BCUT2D eigenvalue weighted by Gasteiger charge is 2.40. The molecule has 0 aromatic heterocycles. The first-order valence-electron chi connectivity index (χ1n) is 6.77. The molecule has 2 aromatic rings. The van der Waals surface area contributed by atoms with Gasteiger partial charge in [-0.2, -0.15) is 0 Å². The first-order chi connectivity index (χ1) is 11.5. The summed E-state index contributed by atoms with van der Waals surface area (Å²) < 4.78 is 13.0. The van der Waals surface area contributed by atoms with Crippen LogP contribution in [0.4, 0.5) is 26.2 Å². The van der Waals surface area contributed by atoms with Gasteiger partial charge in [0.1, 0.15) is 5.82 Å². The van der Waals surface area contributed by atoms with Gasteiger partial charge in [-0.3, -0.25) is 19.7 Å². The molecule has 1 N–H and O–H groups in total. The fourth-order valence-corrected chi connectivity index (χ4v) is 3.09. The number of anilines is 2. The second-order valence-electron chi connectivity index (χ2n) is 4.87. The molecule has 1 saturated heterocycles. The Balaban J connectivity index is 1.80. The molecule has 3 rings (SSSR count). The van der Waals surface area contributed by atoms with Crippen LogP contribution in [0.25, 0.3) is 0 Å². The van der Waals surface area contributed by atoms with E-state index in [4.69, 9.17) is 0 Å². The van der Waals surface area contributed by atoms with Gasteiger partial charge in [-0.05, 0) is 42.1 Å². The predicted octanol–water partition coefficient (Wildman–Crippen LogP) is 3.37. The standard InChI is InChI=1S/C15H10FN3O4S/c16-9-4-6-11(7-5-9)18-14(20)13(24-15(18)21)17-10-2-1-3-12(8-10)19(22)23/h1-8,13,17H. The van der Waals surface area contributed by atoms with Gasteiger partial charge in [0.05, 0.1) is 10.6 Å². The van der Waals surface area contributed by atoms with Gasteiger partial charge in [0.25, 0.3) is 16.8 Å². The van der Waals surface area contributed by atoms with Crippen molar-refractivity contribution in [1.29, 1.82) is 0 Å². The van der Waals surface area contributed by atoms with E-state index in [1.54, 1.807) is 6.07 Å². The van der Waals surface area contributed by atoms with Gasteiger partial charge in [-0.15, -0.1) is 0 Å². The Kier molecular flexibility index (Phi) is 4.17. The van der Waals surface area contributed by atoms with Gasteiger partial charge < -0.3 is 5.32 Å². The molecule has 24 heavy (non-hydrogen) atoms. The molecule has 1 aliphatic heterocycles. The van der Waals surface area contributed by atoms with Crippen molar-refractivity contribution >= 4 is 40.0 Å². The van der Waals surface area contributed by atoms with Crippen LogP contribution in [-0.4, -0.2) is 21.4 Å². The van der Waals surface area contributed by atoms with Crippen molar-refractivity contribution in [1.82, 2.24) is 0 Å². The number of nitrogens with one attached hydrogen (secondary N) is 1. The summed E-state index contributed by atoms with van der Waals surface area (Å²) in [7, 11) is 0. The van der Waals surface area contributed by atoms with Gasteiger partial charge in [-0.1, -0.05) is 6.07 Å². The summed E-state index contributed by atoms with van der Waals surface area (Å²) in [4.78, 5) is 35.7. The number of carbonyl (C=O) groups excluding carboxylic acids is 2. The number of imide groups is 1. The molecule has 0 spiro atoms. The number of nitrogens with zero attached hydrogens (tertiary/aromatic N) is 2. The van der Waals surface area contributed by atoms with Crippen molar-refractivity contribution in [2.75, 3.05) is 10.2 Å². The number of rotatable bonds is 4. The number of thioether (sulfide) groups is 1. The smallest absolute Gasteiger partial charge is 0.295 e. The number of amides is 2. The van der Waals surface area contributed by atoms with Crippen molar-refractivity contribution in [3.8, 4) is 0 Å². The van der Waals surface area contributed by atoms with E-state index in [1.807, 2.05) is 0 Å². The largest absolute Gasteiger partial charge is 0.365 e.